The highest BCUT2D eigenvalue weighted by molar-refractivity contribution is 7.45. The van der Waals surface area contributed by atoms with Crippen molar-refractivity contribution in [1.82, 2.24) is 5.32 Å². The Bertz CT molecular complexity index is 799. The molecule has 0 spiro atoms. The van der Waals surface area contributed by atoms with E-state index in [-0.39, 0.29) is 17.8 Å². The highest BCUT2D eigenvalue weighted by Gasteiger charge is 2.33. The fourth-order valence-electron chi connectivity index (χ4n) is 3.94. The summed E-state index contributed by atoms with van der Waals surface area (Å²) in [5.74, 6) is -2.17. The Labute approximate surface area is 197 Å². The molecule has 1 rings (SSSR count). The Balaban J connectivity index is 2.68. The third kappa shape index (κ3) is 10.3. The third-order valence-corrected chi connectivity index (χ3v) is 6.48. The van der Waals surface area contributed by atoms with Crippen molar-refractivity contribution in [3.8, 4) is 0 Å². The smallest absolute Gasteiger partial charge is 0.329 e. The Morgan fingerprint density at radius 2 is 1.97 bits per heavy atom. The number of hydrogen-bond acceptors (Lipinski definition) is 6. The van der Waals surface area contributed by atoms with E-state index in [0.29, 0.717) is 0 Å². The van der Waals surface area contributed by atoms with Gasteiger partial charge < -0.3 is 20.2 Å². The molecule has 0 aromatic carbocycles. The molecule has 33 heavy (non-hydrogen) atoms. The predicted octanol–water partition coefficient (Wildman–Crippen LogP) is 4.32. The quantitative estimate of drug-likeness (QED) is 0.121. The summed E-state index contributed by atoms with van der Waals surface area (Å²) >= 11 is 0. The second-order valence-electron chi connectivity index (χ2n) is 9.32. The maximum Gasteiger partial charge on any atom is 0.329 e. The Kier molecular flexibility index (Phi) is 12.2. The largest absolute Gasteiger partial charge is 0.480 e. The van der Waals surface area contributed by atoms with Crippen molar-refractivity contribution in [1.29, 1.82) is 0 Å². The lowest BCUT2D eigenvalue weighted by molar-refractivity contribution is -0.278. The first-order chi connectivity index (χ1) is 15.4. The first-order valence-corrected chi connectivity index (χ1v) is 12.5. The monoisotopic (exact) mass is 483 g/mol. The van der Waals surface area contributed by atoms with Crippen LogP contribution in [0.4, 0.5) is 0 Å². The molecule has 0 saturated carbocycles. The van der Waals surface area contributed by atoms with Crippen LogP contribution in [-0.2, 0) is 14.5 Å². The van der Waals surface area contributed by atoms with Gasteiger partial charge in [-0.1, -0.05) is 62.3 Å². The SMILES string of the molecule is CC1=C(/C=C/C(C)=C/C=C/C(C)CC(=O)NC(C(=O)O)C(CP(O)O)OO)C(C)(C)CCC1. The summed E-state index contributed by atoms with van der Waals surface area (Å²) in [6.45, 7) is 10.6. The summed E-state index contributed by atoms with van der Waals surface area (Å²) in [5, 5.41) is 20.4. The van der Waals surface area contributed by atoms with Crippen molar-refractivity contribution in [2.45, 2.75) is 72.4 Å². The van der Waals surface area contributed by atoms with Gasteiger partial charge >= 0.3 is 5.97 Å². The van der Waals surface area contributed by atoms with E-state index >= 15 is 0 Å². The molecular weight excluding hydrogens is 445 g/mol. The minimum atomic E-state index is -2.50. The minimum absolute atomic E-state index is 0.0223. The van der Waals surface area contributed by atoms with Gasteiger partial charge in [0.15, 0.2) is 14.4 Å². The number of amides is 1. The molecule has 1 amide bonds. The summed E-state index contributed by atoms with van der Waals surface area (Å²) in [4.78, 5) is 45.8. The van der Waals surface area contributed by atoms with Crippen LogP contribution < -0.4 is 5.32 Å². The average molecular weight is 484 g/mol. The second kappa shape index (κ2) is 13.8. The van der Waals surface area contributed by atoms with Gasteiger partial charge in [0.25, 0.3) is 0 Å². The third-order valence-electron chi connectivity index (χ3n) is 5.79. The number of carbonyl (C=O) groups is 2. The molecule has 0 aromatic rings. The molecule has 5 N–H and O–H groups in total. The number of carboxylic acids is 1. The van der Waals surface area contributed by atoms with Crippen molar-refractivity contribution < 1.29 is 34.6 Å². The van der Waals surface area contributed by atoms with E-state index < -0.39 is 38.6 Å². The van der Waals surface area contributed by atoms with Crippen LogP contribution in [0.5, 0.6) is 0 Å². The molecule has 9 heteroatoms. The number of hydrogen-bond donors (Lipinski definition) is 5. The number of carbonyl (C=O) groups excluding carboxylic acids is 1. The summed E-state index contributed by atoms with van der Waals surface area (Å²) in [6, 6.07) is -1.60. The van der Waals surface area contributed by atoms with Crippen LogP contribution in [0.2, 0.25) is 0 Å². The highest BCUT2D eigenvalue weighted by Crippen LogP contribution is 2.40. The van der Waals surface area contributed by atoms with Gasteiger partial charge in [-0.15, -0.1) is 0 Å². The first kappa shape index (κ1) is 29.2. The van der Waals surface area contributed by atoms with Crippen LogP contribution in [0.25, 0.3) is 0 Å². The molecule has 0 aromatic heterocycles. The molecule has 0 fully saturated rings. The Morgan fingerprint density at radius 3 is 2.52 bits per heavy atom. The molecule has 0 heterocycles. The summed E-state index contributed by atoms with van der Waals surface area (Å²) < 4.78 is 0. The van der Waals surface area contributed by atoms with Gasteiger partial charge in [-0.2, -0.15) is 0 Å². The van der Waals surface area contributed by atoms with Gasteiger partial charge in [0.1, 0.15) is 6.10 Å². The lowest BCUT2D eigenvalue weighted by Crippen LogP contribution is -2.50. The first-order valence-electron chi connectivity index (χ1n) is 11.1. The van der Waals surface area contributed by atoms with Gasteiger partial charge in [0.05, 0.1) is 0 Å². The van der Waals surface area contributed by atoms with Gasteiger partial charge in [-0.05, 0) is 50.0 Å². The molecule has 0 bridgehead atoms. The molecular formula is C24H38NO7P. The van der Waals surface area contributed by atoms with E-state index in [1.807, 2.05) is 32.1 Å². The Hall–Kier alpha value is -1.83. The molecule has 1 aliphatic carbocycles. The van der Waals surface area contributed by atoms with Gasteiger partial charge in [0.2, 0.25) is 5.91 Å². The second-order valence-corrected chi connectivity index (χ2v) is 10.4. The van der Waals surface area contributed by atoms with Gasteiger partial charge in [-0.3, -0.25) is 10.1 Å². The maximum atomic E-state index is 12.2. The van der Waals surface area contributed by atoms with E-state index in [2.05, 4.69) is 43.1 Å². The van der Waals surface area contributed by atoms with E-state index in [9.17, 15) is 14.7 Å². The number of rotatable bonds is 12. The minimum Gasteiger partial charge on any atom is -0.480 e. The molecule has 1 aliphatic rings. The lowest BCUT2D eigenvalue weighted by atomic mass is 9.72. The molecule has 0 saturated heterocycles. The fraction of sp³-hybridized carbons (Fsp3) is 0.583. The van der Waals surface area contributed by atoms with Crippen LogP contribution in [0.3, 0.4) is 0 Å². The van der Waals surface area contributed by atoms with Gasteiger partial charge in [0, 0.05) is 12.6 Å². The van der Waals surface area contributed by atoms with Crippen LogP contribution in [0, 0.1) is 11.3 Å². The predicted molar refractivity (Wildman–Crippen MR) is 129 cm³/mol. The van der Waals surface area contributed by atoms with E-state index in [1.165, 1.54) is 24.0 Å². The standard InChI is InChI=1S/C24H38NO7P/c1-16(11-12-19-18(3)10-7-13-24(19,4)5)8-6-9-17(2)14-21(26)25-22(23(27)28)20(32-29)15-33(30)31/h6,8-9,11-12,17,20,22,29-31H,7,10,13-15H2,1-5H3,(H,25,26)(H,27,28)/b9-6+,12-11+,16-8+. The zero-order chi connectivity index (χ0) is 25.2. The summed E-state index contributed by atoms with van der Waals surface area (Å²) in [6.07, 6.45) is 11.6. The molecule has 186 valence electrons. The van der Waals surface area contributed by atoms with Crippen molar-refractivity contribution in [2.75, 3.05) is 6.16 Å². The van der Waals surface area contributed by atoms with E-state index in [1.54, 1.807) is 0 Å². The Morgan fingerprint density at radius 1 is 1.30 bits per heavy atom. The van der Waals surface area contributed by atoms with Crippen molar-refractivity contribution in [2.24, 2.45) is 11.3 Å². The van der Waals surface area contributed by atoms with Crippen molar-refractivity contribution in [3.63, 3.8) is 0 Å². The van der Waals surface area contributed by atoms with E-state index in [0.717, 1.165) is 12.0 Å². The molecule has 3 atom stereocenters. The molecule has 0 radical (unpaired) electrons. The van der Waals surface area contributed by atoms with Crippen LogP contribution in [0.1, 0.15) is 60.3 Å². The van der Waals surface area contributed by atoms with Crippen LogP contribution in [0.15, 0.2) is 47.1 Å². The fourth-order valence-corrected chi connectivity index (χ4v) is 4.54. The van der Waals surface area contributed by atoms with Gasteiger partial charge in [-0.25, -0.2) is 9.68 Å². The van der Waals surface area contributed by atoms with Crippen molar-refractivity contribution in [3.05, 3.63) is 47.1 Å². The number of aliphatic carboxylic acids is 1. The molecule has 0 aliphatic heterocycles. The maximum absolute atomic E-state index is 12.2. The number of allylic oxidation sites excluding steroid dienone is 8. The molecule has 3 unspecified atom stereocenters. The zero-order valence-electron chi connectivity index (χ0n) is 20.1. The summed E-state index contributed by atoms with van der Waals surface area (Å²) in [7, 11) is -2.50. The summed E-state index contributed by atoms with van der Waals surface area (Å²) in [5.41, 5.74) is 4.08. The average Bonchev–Trinajstić information content (AvgIpc) is 2.69. The normalized spacial score (nSPS) is 19.8. The number of carboxylic acid groups (broad SMARTS) is 1. The zero-order valence-corrected chi connectivity index (χ0v) is 21.0. The van der Waals surface area contributed by atoms with Crippen LogP contribution in [-0.4, -0.2) is 50.3 Å². The number of nitrogens with one attached hydrogen (secondary N) is 1. The molecule has 8 nitrogen and oxygen atoms in total. The van der Waals surface area contributed by atoms with E-state index in [4.69, 9.17) is 15.0 Å². The lowest BCUT2D eigenvalue weighted by Gasteiger charge is -2.32. The van der Waals surface area contributed by atoms with Crippen molar-refractivity contribution >= 4 is 20.3 Å². The highest BCUT2D eigenvalue weighted by atomic mass is 31.2. The van der Waals surface area contributed by atoms with Crippen LogP contribution >= 0.6 is 8.38 Å². The topological polar surface area (TPSA) is 136 Å².